The smallest absolute Gasteiger partial charge is 0.223 e. The van der Waals surface area contributed by atoms with Crippen LogP contribution in [0.2, 0.25) is 0 Å². The molecule has 0 unspecified atom stereocenters. The molecular weight excluding hydrogens is 282 g/mol. The predicted octanol–water partition coefficient (Wildman–Crippen LogP) is 1.38. The lowest BCUT2D eigenvalue weighted by Crippen LogP contribution is -1.98. The summed E-state index contributed by atoms with van der Waals surface area (Å²) in [5.41, 5.74) is 2.83. The third kappa shape index (κ3) is 2.58. The molecule has 0 saturated heterocycles. The van der Waals surface area contributed by atoms with Gasteiger partial charge in [-0.1, -0.05) is 5.21 Å². The third-order valence-corrected chi connectivity index (χ3v) is 3.12. The van der Waals surface area contributed by atoms with Crippen LogP contribution in [-0.4, -0.2) is 44.3 Å². The quantitative estimate of drug-likeness (QED) is 0.778. The van der Waals surface area contributed by atoms with Crippen LogP contribution >= 0.6 is 0 Å². The van der Waals surface area contributed by atoms with Gasteiger partial charge in [0.2, 0.25) is 5.88 Å². The van der Waals surface area contributed by atoms with Gasteiger partial charge in [-0.3, -0.25) is 4.68 Å². The minimum atomic E-state index is 0.470. The number of ether oxygens (including phenoxy) is 1. The van der Waals surface area contributed by atoms with E-state index in [1.54, 1.807) is 25.0 Å². The molecule has 0 aliphatic rings. The van der Waals surface area contributed by atoms with Crippen molar-refractivity contribution < 1.29 is 4.74 Å². The highest BCUT2D eigenvalue weighted by atomic mass is 16.5. The highest BCUT2D eigenvalue weighted by Crippen LogP contribution is 2.29. The van der Waals surface area contributed by atoms with Crippen LogP contribution < -0.4 is 10.1 Å². The molecule has 0 fully saturated rings. The van der Waals surface area contributed by atoms with E-state index < -0.39 is 0 Å². The van der Waals surface area contributed by atoms with Gasteiger partial charge in [0, 0.05) is 14.1 Å². The molecule has 112 valence electrons. The number of pyridine rings is 1. The van der Waals surface area contributed by atoms with E-state index in [0.717, 1.165) is 5.56 Å². The maximum absolute atomic E-state index is 5.37. The van der Waals surface area contributed by atoms with Crippen LogP contribution in [0.1, 0.15) is 0 Å². The van der Waals surface area contributed by atoms with E-state index in [0.29, 0.717) is 28.8 Å². The van der Waals surface area contributed by atoms with Crippen LogP contribution in [0.25, 0.3) is 22.6 Å². The Kier molecular flexibility index (Phi) is 3.65. The van der Waals surface area contributed by atoms with Crippen LogP contribution in [0, 0.1) is 0 Å². The molecule has 3 heterocycles. The Hall–Kier alpha value is -3.03. The molecule has 3 aromatic rings. The molecule has 3 rings (SSSR count). The molecule has 1 N–H and O–H groups in total. The van der Waals surface area contributed by atoms with Crippen molar-refractivity contribution in [3.05, 3.63) is 30.5 Å². The summed E-state index contributed by atoms with van der Waals surface area (Å²) < 4.78 is 7.00. The number of aryl methyl sites for hydroxylation is 1. The Bertz CT molecular complexity index is 782. The largest absolute Gasteiger partial charge is 0.480 e. The van der Waals surface area contributed by atoms with Crippen molar-refractivity contribution in [2.24, 2.45) is 7.05 Å². The second kappa shape index (κ2) is 5.76. The van der Waals surface area contributed by atoms with Crippen LogP contribution in [0.4, 0.5) is 5.82 Å². The molecule has 0 bridgehead atoms. The average Bonchev–Trinajstić information content (AvgIpc) is 3.00. The molecule has 0 amide bonds. The minimum Gasteiger partial charge on any atom is -0.480 e. The summed E-state index contributed by atoms with van der Waals surface area (Å²) in [7, 11) is 5.17. The fourth-order valence-corrected chi connectivity index (χ4v) is 2.01. The van der Waals surface area contributed by atoms with Crippen molar-refractivity contribution >= 4 is 5.82 Å². The Labute approximate surface area is 127 Å². The number of aromatic nitrogens is 6. The van der Waals surface area contributed by atoms with Gasteiger partial charge in [0.15, 0.2) is 0 Å². The van der Waals surface area contributed by atoms with Gasteiger partial charge in [-0.05, 0) is 24.3 Å². The standard InChI is InChI=1S/C14H15N7O/c1-15-13-7-6-11(17-19-13)10-5-4-9(14(16-10)22-3)12-8-21(2)20-18-12/h4-8H,1-3H3,(H,15,19). The second-order valence-corrected chi connectivity index (χ2v) is 4.58. The van der Waals surface area contributed by atoms with Gasteiger partial charge in [-0.2, -0.15) is 0 Å². The van der Waals surface area contributed by atoms with E-state index in [9.17, 15) is 0 Å². The van der Waals surface area contributed by atoms with E-state index >= 15 is 0 Å². The van der Waals surface area contributed by atoms with Gasteiger partial charge in [-0.15, -0.1) is 15.3 Å². The Morgan fingerprint density at radius 3 is 2.41 bits per heavy atom. The maximum Gasteiger partial charge on any atom is 0.223 e. The number of hydrogen-bond donors (Lipinski definition) is 1. The molecule has 8 nitrogen and oxygen atoms in total. The molecule has 0 atom stereocenters. The zero-order valence-corrected chi connectivity index (χ0v) is 12.5. The Morgan fingerprint density at radius 1 is 1.00 bits per heavy atom. The normalized spacial score (nSPS) is 10.5. The van der Waals surface area contributed by atoms with Crippen LogP contribution in [-0.2, 0) is 7.05 Å². The molecule has 0 radical (unpaired) electrons. The minimum absolute atomic E-state index is 0.470. The lowest BCUT2D eigenvalue weighted by atomic mass is 10.1. The van der Waals surface area contributed by atoms with E-state index in [4.69, 9.17) is 4.74 Å². The molecule has 0 saturated carbocycles. The molecule has 3 aromatic heterocycles. The molecule has 0 aliphatic carbocycles. The summed E-state index contributed by atoms with van der Waals surface area (Å²) >= 11 is 0. The molecule has 8 heteroatoms. The van der Waals surface area contributed by atoms with E-state index in [-0.39, 0.29) is 0 Å². The van der Waals surface area contributed by atoms with Crippen molar-refractivity contribution in [2.75, 3.05) is 19.5 Å². The lowest BCUT2D eigenvalue weighted by molar-refractivity contribution is 0.400. The van der Waals surface area contributed by atoms with Crippen LogP contribution in [0.15, 0.2) is 30.5 Å². The Balaban J connectivity index is 2.00. The van der Waals surface area contributed by atoms with Crippen molar-refractivity contribution in [1.29, 1.82) is 0 Å². The first kappa shape index (κ1) is 13.9. The van der Waals surface area contributed by atoms with Gasteiger partial charge in [0.1, 0.15) is 17.2 Å². The summed E-state index contributed by atoms with van der Waals surface area (Å²) in [5.74, 6) is 1.17. The summed E-state index contributed by atoms with van der Waals surface area (Å²) in [6, 6.07) is 7.43. The fourth-order valence-electron chi connectivity index (χ4n) is 2.01. The number of rotatable bonds is 4. The maximum atomic E-state index is 5.37. The van der Waals surface area contributed by atoms with Crippen LogP contribution in [0.3, 0.4) is 0 Å². The van der Waals surface area contributed by atoms with Crippen LogP contribution in [0.5, 0.6) is 5.88 Å². The highest BCUT2D eigenvalue weighted by molar-refractivity contribution is 5.68. The Morgan fingerprint density at radius 2 is 1.82 bits per heavy atom. The summed E-state index contributed by atoms with van der Waals surface area (Å²) in [4.78, 5) is 4.48. The highest BCUT2D eigenvalue weighted by Gasteiger charge is 2.13. The first-order chi connectivity index (χ1) is 10.7. The summed E-state index contributed by atoms with van der Waals surface area (Å²) in [6.45, 7) is 0. The third-order valence-electron chi connectivity index (χ3n) is 3.12. The van der Waals surface area contributed by atoms with Gasteiger partial charge in [-0.25, -0.2) is 4.98 Å². The monoisotopic (exact) mass is 297 g/mol. The zero-order chi connectivity index (χ0) is 15.5. The first-order valence-corrected chi connectivity index (χ1v) is 6.65. The molecule has 0 aromatic carbocycles. The topological polar surface area (TPSA) is 90.6 Å². The molecule has 0 aliphatic heterocycles. The van der Waals surface area contributed by atoms with Crippen molar-refractivity contribution in [3.63, 3.8) is 0 Å². The number of nitrogens with one attached hydrogen (secondary N) is 1. The zero-order valence-electron chi connectivity index (χ0n) is 12.5. The van der Waals surface area contributed by atoms with Crippen molar-refractivity contribution in [1.82, 2.24) is 30.2 Å². The lowest BCUT2D eigenvalue weighted by Gasteiger charge is -2.07. The number of anilines is 1. The average molecular weight is 297 g/mol. The predicted molar refractivity (Wildman–Crippen MR) is 81.4 cm³/mol. The number of hydrogen-bond acceptors (Lipinski definition) is 7. The van der Waals surface area contributed by atoms with Crippen molar-refractivity contribution in [3.8, 4) is 28.5 Å². The summed E-state index contributed by atoms with van der Waals surface area (Å²) in [6.07, 6.45) is 1.81. The van der Waals surface area contributed by atoms with Gasteiger partial charge in [0.25, 0.3) is 0 Å². The second-order valence-electron chi connectivity index (χ2n) is 4.58. The van der Waals surface area contributed by atoms with Gasteiger partial charge in [0.05, 0.1) is 24.6 Å². The van der Waals surface area contributed by atoms with Gasteiger partial charge >= 0.3 is 0 Å². The molecule has 0 spiro atoms. The van der Waals surface area contributed by atoms with E-state index in [1.165, 1.54) is 0 Å². The number of nitrogens with zero attached hydrogens (tertiary/aromatic N) is 6. The number of methoxy groups -OCH3 is 1. The fraction of sp³-hybridized carbons (Fsp3) is 0.214. The first-order valence-electron chi connectivity index (χ1n) is 6.65. The summed E-state index contributed by atoms with van der Waals surface area (Å²) in [5, 5.41) is 19.1. The van der Waals surface area contributed by atoms with E-state index in [1.807, 2.05) is 31.3 Å². The van der Waals surface area contributed by atoms with Crippen molar-refractivity contribution in [2.45, 2.75) is 0 Å². The van der Waals surface area contributed by atoms with E-state index in [2.05, 4.69) is 30.8 Å². The molecule has 22 heavy (non-hydrogen) atoms. The SMILES string of the molecule is CNc1ccc(-c2ccc(-c3cn(C)nn3)c(OC)n2)nn1. The molecular formula is C14H15N7O. The van der Waals surface area contributed by atoms with Gasteiger partial charge < -0.3 is 10.1 Å².